The van der Waals surface area contributed by atoms with Crippen molar-refractivity contribution in [1.29, 1.82) is 0 Å². The second kappa shape index (κ2) is 11.2. The van der Waals surface area contributed by atoms with E-state index in [1.54, 1.807) is 4.90 Å². The van der Waals surface area contributed by atoms with E-state index in [1.165, 1.54) is 11.8 Å². The van der Waals surface area contributed by atoms with Gasteiger partial charge in [-0.1, -0.05) is 13.8 Å². The number of nitrogens with one attached hydrogen (secondary N) is 2. The number of hydrogen-bond acceptors (Lipinski definition) is 4. The molecule has 0 aromatic rings. The predicted molar refractivity (Wildman–Crippen MR) is 95.1 cm³/mol. The van der Waals surface area contributed by atoms with Gasteiger partial charge in [-0.25, -0.2) is 4.79 Å². The summed E-state index contributed by atoms with van der Waals surface area (Å²) in [6.45, 7) is 6.60. The molecule has 1 unspecified atom stereocenters. The number of rotatable bonds is 9. The highest BCUT2D eigenvalue weighted by Gasteiger charge is 2.25. The Hall–Kier alpha value is -1.44. The number of likely N-dealkylation sites (tertiary alicyclic amines) is 1. The van der Waals surface area contributed by atoms with Crippen molar-refractivity contribution in [3.63, 3.8) is 0 Å². The molecule has 0 saturated carbocycles. The van der Waals surface area contributed by atoms with E-state index in [2.05, 4.69) is 24.5 Å². The van der Waals surface area contributed by atoms with Crippen LogP contribution in [0.4, 0.5) is 4.79 Å². The van der Waals surface area contributed by atoms with E-state index in [9.17, 15) is 14.4 Å². The fourth-order valence-corrected chi connectivity index (χ4v) is 3.14. The van der Waals surface area contributed by atoms with Crippen LogP contribution in [-0.4, -0.2) is 65.6 Å². The third kappa shape index (κ3) is 9.00. The van der Waals surface area contributed by atoms with E-state index in [0.717, 1.165) is 19.4 Å². The Labute approximate surface area is 147 Å². The van der Waals surface area contributed by atoms with Crippen LogP contribution in [-0.2, 0) is 9.59 Å². The van der Waals surface area contributed by atoms with E-state index in [4.69, 9.17) is 5.11 Å². The number of carbonyl (C=O) groups excluding carboxylic acids is 2. The fourth-order valence-electron chi connectivity index (χ4n) is 2.58. The van der Waals surface area contributed by atoms with Crippen LogP contribution in [0.15, 0.2) is 0 Å². The predicted octanol–water partition coefficient (Wildman–Crippen LogP) is 1.39. The minimum absolute atomic E-state index is 0.0274. The van der Waals surface area contributed by atoms with Gasteiger partial charge in [0.15, 0.2) is 0 Å². The maximum atomic E-state index is 12.1. The molecule has 0 aromatic carbocycles. The molecule has 1 heterocycles. The summed E-state index contributed by atoms with van der Waals surface area (Å²) in [7, 11) is 0. The van der Waals surface area contributed by atoms with Crippen LogP contribution < -0.4 is 10.6 Å². The standard InChI is InChI=1S/C16H29N3O4S/c1-12(2)9-18-16(23)19-6-3-4-13(10-19)8-14(20)17-5-7-24-11-15(21)22/h12-13H,3-11H2,1-2H3,(H,17,20)(H,18,23)(H,21,22). The molecule has 1 aliphatic rings. The van der Waals surface area contributed by atoms with Gasteiger partial charge in [0.25, 0.3) is 0 Å². The molecule has 1 rings (SSSR count). The van der Waals surface area contributed by atoms with Gasteiger partial charge in [-0.05, 0) is 24.7 Å². The number of carboxylic acid groups (broad SMARTS) is 1. The SMILES string of the molecule is CC(C)CNC(=O)N1CCCC(CC(=O)NCCSCC(=O)O)C1. The molecule has 1 aliphatic heterocycles. The summed E-state index contributed by atoms with van der Waals surface area (Å²) in [4.78, 5) is 36.2. The van der Waals surface area contributed by atoms with Gasteiger partial charge in [-0.2, -0.15) is 0 Å². The summed E-state index contributed by atoms with van der Waals surface area (Å²) < 4.78 is 0. The zero-order valence-corrected chi connectivity index (χ0v) is 15.4. The number of thioether (sulfide) groups is 1. The Balaban J connectivity index is 2.23. The van der Waals surface area contributed by atoms with Crippen LogP contribution in [0.1, 0.15) is 33.1 Å². The van der Waals surface area contributed by atoms with Gasteiger partial charge in [0, 0.05) is 38.4 Å². The summed E-state index contributed by atoms with van der Waals surface area (Å²) in [6.07, 6.45) is 2.29. The summed E-state index contributed by atoms with van der Waals surface area (Å²) >= 11 is 1.29. The van der Waals surface area contributed by atoms with E-state index >= 15 is 0 Å². The van der Waals surface area contributed by atoms with Crippen molar-refractivity contribution in [3.05, 3.63) is 0 Å². The third-order valence-corrected chi connectivity index (χ3v) is 4.68. The molecule has 3 N–H and O–H groups in total. The number of amides is 3. The number of carboxylic acids is 1. The van der Waals surface area contributed by atoms with Crippen molar-refractivity contribution < 1.29 is 19.5 Å². The van der Waals surface area contributed by atoms with Crippen LogP contribution in [0.3, 0.4) is 0 Å². The van der Waals surface area contributed by atoms with Crippen LogP contribution in [0.25, 0.3) is 0 Å². The summed E-state index contributed by atoms with van der Waals surface area (Å²) in [5.74, 6) is 0.380. The zero-order valence-electron chi connectivity index (χ0n) is 14.5. The number of aliphatic carboxylic acids is 1. The van der Waals surface area contributed by atoms with Gasteiger partial charge in [-0.3, -0.25) is 9.59 Å². The van der Waals surface area contributed by atoms with E-state index in [0.29, 0.717) is 37.7 Å². The third-order valence-electron chi connectivity index (χ3n) is 3.74. The Morgan fingerprint density at radius 3 is 2.71 bits per heavy atom. The lowest BCUT2D eigenvalue weighted by Crippen LogP contribution is -2.47. The molecular formula is C16H29N3O4S. The number of nitrogens with zero attached hydrogens (tertiary/aromatic N) is 1. The number of piperidine rings is 1. The van der Waals surface area contributed by atoms with Gasteiger partial charge in [0.05, 0.1) is 5.75 Å². The molecule has 0 spiro atoms. The van der Waals surface area contributed by atoms with Crippen molar-refractivity contribution in [3.8, 4) is 0 Å². The first-order chi connectivity index (χ1) is 11.4. The van der Waals surface area contributed by atoms with Gasteiger partial charge < -0.3 is 20.6 Å². The largest absolute Gasteiger partial charge is 0.481 e. The minimum Gasteiger partial charge on any atom is -0.481 e. The van der Waals surface area contributed by atoms with Gasteiger partial charge in [0.1, 0.15) is 0 Å². The Bertz CT molecular complexity index is 432. The molecule has 7 nitrogen and oxygen atoms in total. The molecule has 0 aliphatic carbocycles. The van der Waals surface area contributed by atoms with E-state index in [1.807, 2.05) is 0 Å². The molecule has 0 aromatic heterocycles. The minimum atomic E-state index is -0.843. The molecule has 24 heavy (non-hydrogen) atoms. The molecule has 0 radical (unpaired) electrons. The van der Waals surface area contributed by atoms with Gasteiger partial charge in [0.2, 0.25) is 5.91 Å². The van der Waals surface area contributed by atoms with Crippen LogP contribution >= 0.6 is 11.8 Å². The average Bonchev–Trinajstić information content (AvgIpc) is 2.52. The van der Waals surface area contributed by atoms with Crippen LogP contribution in [0.2, 0.25) is 0 Å². The molecule has 0 bridgehead atoms. The van der Waals surface area contributed by atoms with Gasteiger partial charge in [-0.15, -0.1) is 11.8 Å². The highest BCUT2D eigenvalue weighted by atomic mass is 32.2. The van der Waals surface area contributed by atoms with Crippen molar-refractivity contribution in [1.82, 2.24) is 15.5 Å². The highest BCUT2D eigenvalue weighted by Crippen LogP contribution is 2.19. The van der Waals surface area contributed by atoms with Crippen molar-refractivity contribution in [2.45, 2.75) is 33.1 Å². The summed E-state index contributed by atoms with van der Waals surface area (Å²) in [6, 6.07) is -0.0427. The molecule has 3 amide bonds. The number of carbonyl (C=O) groups is 3. The smallest absolute Gasteiger partial charge is 0.317 e. The maximum Gasteiger partial charge on any atom is 0.317 e. The molecule has 8 heteroatoms. The highest BCUT2D eigenvalue weighted by molar-refractivity contribution is 7.99. The monoisotopic (exact) mass is 359 g/mol. The lowest BCUT2D eigenvalue weighted by Gasteiger charge is -2.32. The summed E-state index contributed by atoms with van der Waals surface area (Å²) in [5.41, 5.74) is 0. The maximum absolute atomic E-state index is 12.1. The van der Waals surface area contributed by atoms with E-state index < -0.39 is 5.97 Å². The number of urea groups is 1. The lowest BCUT2D eigenvalue weighted by atomic mass is 9.94. The van der Waals surface area contributed by atoms with Crippen molar-refractivity contribution in [2.75, 3.05) is 37.7 Å². The first kappa shape index (κ1) is 20.6. The van der Waals surface area contributed by atoms with Gasteiger partial charge >= 0.3 is 12.0 Å². The van der Waals surface area contributed by atoms with E-state index in [-0.39, 0.29) is 23.6 Å². The van der Waals surface area contributed by atoms with Crippen molar-refractivity contribution >= 4 is 29.7 Å². The topological polar surface area (TPSA) is 98.7 Å². The first-order valence-corrected chi connectivity index (χ1v) is 9.63. The Morgan fingerprint density at radius 1 is 1.29 bits per heavy atom. The van der Waals surface area contributed by atoms with Crippen LogP contribution in [0, 0.1) is 11.8 Å². The second-order valence-electron chi connectivity index (χ2n) is 6.53. The fraction of sp³-hybridized carbons (Fsp3) is 0.812. The Morgan fingerprint density at radius 2 is 2.04 bits per heavy atom. The van der Waals surface area contributed by atoms with Crippen LogP contribution in [0.5, 0.6) is 0 Å². The van der Waals surface area contributed by atoms with Crippen molar-refractivity contribution in [2.24, 2.45) is 11.8 Å². The molecule has 1 saturated heterocycles. The first-order valence-electron chi connectivity index (χ1n) is 8.47. The Kier molecular flexibility index (Phi) is 9.59. The quantitative estimate of drug-likeness (QED) is 0.540. The molecule has 1 atom stereocenters. The molecule has 1 fully saturated rings. The number of hydrogen-bond donors (Lipinski definition) is 3. The normalized spacial score (nSPS) is 17.6. The zero-order chi connectivity index (χ0) is 17.9. The average molecular weight is 359 g/mol. The molecule has 138 valence electrons. The molecular weight excluding hydrogens is 330 g/mol. The lowest BCUT2D eigenvalue weighted by molar-refractivity contribution is -0.133. The summed E-state index contributed by atoms with van der Waals surface area (Å²) in [5, 5.41) is 14.3. The second-order valence-corrected chi connectivity index (χ2v) is 7.64.